The lowest BCUT2D eigenvalue weighted by Gasteiger charge is -2.11. The van der Waals surface area contributed by atoms with Crippen LogP contribution >= 0.6 is 34.8 Å². The minimum atomic E-state index is -4.38. The number of benzene rings is 2. The molecule has 0 fully saturated rings. The number of nitrogens with one attached hydrogen (secondary N) is 2. The summed E-state index contributed by atoms with van der Waals surface area (Å²) in [6.45, 7) is 7.34. The Morgan fingerprint density at radius 2 is 1.78 bits per heavy atom. The van der Waals surface area contributed by atoms with Crippen molar-refractivity contribution in [3.63, 3.8) is 0 Å². The monoisotopic (exact) mass is 754 g/mol. The average molecular weight is 756 g/mol. The van der Waals surface area contributed by atoms with Crippen LogP contribution in [-0.2, 0) is 20.2 Å². The number of carbonyl (C=O) groups is 2. The van der Waals surface area contributed by atoms with Gasteiger partial charge in [-0.05, 0) is 25.1 Å². The minimum absolute atomic E-state index is 0.0207. The van der Waals surface area contributed by atoms with Gasteiger partial charge < -0.3 is 18.6 Å². The maximum atomic E-state index is 12.5. The SMILES string of the molecule is C#CCOc1cc(-n2nc(C(C)(C)C)oc2=O)c(Cl)cc1Cl.CCOC(=O)c1ccccc1S(=O)(=O)NC(=O)Nc1nc(Cl)cc(OC)n1. The fourth-order valence-electron chi connectivity index (χ4n) is 3.58. The lowest BCUT2D eigenvalue weighted by atomic mass is 9.97. The highest BCUT2D eigenvalue weighted by molar-refractivity contribution is 7.90. The number of urea groups is 1. The second kappa shape index (κ2) is 16.5. The Labute approximate surface area is 295 Å². The molecule has 19 heteroatoms. The van der Waals surface area contributed by atoms with Crippen molar-refractivity contribution in [3.05, 3.63) is 79.7 Å². The zero-order valence-electron chi connectivity index (χ0n) is 26.5. The van der Waals surface area contributed by atoms with Crippen LogP contribution in [0.25, 0.3) is 5.69 Å². The molecule has 0 atom stereocenters. The molecule has 0 aliphatic rings. The van der Waals surface area contributed by atoms with Gasteiger partial charge in [0.15, 0.2) is 0 Å². The number of rotatable bonds is 9. The molecule has 4 rings (SSSR count). The van der Waals surface area contributed by atoms with Crippen LogP contribution in [0.3, 0.4) is 0 Å². The maximum Gasteiger partial charge on any atom is 0.442 e. The molecule has 2 aromatic carbocycles. The molecule has 0 aliphatic carbocycles. The number of nitrogens with zero attached hydrogens (tertiary/aromatic N) is 4. The van der Waals surface area contributed by atoms with Gasteiger partial charge in [-0.2, -0.15) is 9.67 Å². The molecule has 0 spiro atoms. The van der Waals surface area contributed by atoms with Gasteiger partial charge in [-0.25, -0.2) is 32.5 Å². The Morgan fingerprint density at radius 1 is 1.08 bits per heavy atom. The average Bonchev–Trinajstić information content (AvgIpc) is 3.42. The van der Waals surface area contributed by atoms with Crippen LogP contribution < -0.4 is 25.3 Å². The van der Waals surface area contributed by atoms with Gasteiger partial charge in [0.1, 0.15) is 22.4 Å². The third-order valence-electron chi connectivity index (χ3n) is 5.73. The Kier molecular flexibility index (Phi) is 13.0. The Balaban J connectivity index is 0.000000271. The molecule has 2 N–H and O–H groups in total. The summed E-state index contributed by atoms with van der Waals surface area (Å²) in [6.07, 6.45) is 5.15. The van der Waals surface area contributed by atoms with Crippen LogP contribution in [0.4, 0.5) is 10.7 Å². The van der Waals surface area contributed by atoms with Crippen LogP contribution in [0, 0.1) is 12.3 Å². The van der Waals surface area contributed by atoms with E-state index < -0.39 is 38.1 Å². The fourth-order valence-corrected chi connectivity index (χ4v) is 5.38. The maximum absolute atomic E-state index is 12.5. The number of anilines is 1. The summed E-state index contributed by atoms with van der Waals surface area (Å²) in [6, 6.07) is 8.42. The van der Waals surface area contributed by atoms with Gasteiger partial charge in [0.05, 0.1) is 35.0 Å². The zero-order valence-corrected chi connectivity index (χ0v) is 29.6. The molecule has 2 amide bonds. The standard InChI is InChI=1S/C15H14Cl2N2O3.C15H15ClN4O6S/c1-5-6-21-12-8-11(9(16)7-10(12)17)19-14(20)22-13(18-19)15(2,3)4;1-3-26-13(21)9-6-4-5-7-10(9)27(23,24)20-15(22)19-14-17-11(16)8-12(18-14)25-2/h1,7-8H,6H2,2-4H3;4-8H,3H2,1-2H3,(H2,17,18,19,20,22). The summed E-state index contributed by atoms with van der Waals surface area (Å²) in [7, 11) is -3.05. The number of sulfonamides is 1. The second-order valence-corrected chi connectivity index (χ2v) is 13.2. The molecule has 2 heterocycles. The van der Waals surface area contributed by atoms with Crippen molar-refractivity contribution in [2.75, 3.05) is 25.6 Å². The van der Waals surface area contributed by atoms with E-state index in [0.29, 0.717) is 17.3 Å². The molecule has 0 saturated carbocycles. The Hall–Kier alpha value is -4.82. The predicted octanol–water partition coefficient (Wildman–Crippen LogP) is 5.27. The first-order valence-corrected chi connectivity index (χ1v) is 16.5. The molecule has 0 saturated heterocycles. The van der Waals surface area contributed by atoms with Crippen molar-refractivity contribution in [1.29, 1.82) is 0 Å². The Bertz CT molecular complexity index is 2050. The van der Waals surface area contributed by atoms with Crippen LogP contribution in [0.1, 0.15) is 43.9 Å². The van der Waals surface area contributed by atoms with Gasteiger partial charge in [-0.3, -0.25) is 5.32 Å². The first kappa shape index (κ1) is 38.6. The number of hydrogen-bond acceptors (Lipinski definition) is 12. The summed E-state index contributed by atoms with van der Waals surface area (Å²) in [4.78, 5) is 43.1. The van der Waals surface area contributed by atoms with Crippen molar-refractivity contribution < 1.29 is 36.6 Å². The number of ether oxygens (including phenoxy) is 3. The van der Waals surface area contributed by atoms with E-state index in [0.717, 1.165) is 4.68 Å². The lowest BCUT2D eigenvalue weighted by molar-refractivity contribution is 0.0521. The van der Waals surface area contributed by atoms with Gasteiger partial charge >= 0.3 is 17.8 Å². The van der Waals surface area contributed by atoms with E-state index >= 15 is 0 Å². The van der Waals surface area contributed by atoms with E-state index in [4.69, 9.17) is 59.9 Å². The smallest absolute Gasteiger partial charge is 0.442 e. The van der Waals surface area contributed by atoms with E-state index in [1.165, 1.54) is 49.6 Å². The zero-order chi connectivity index (χ0) is 36.5. The van der Waals surface area contributed by atoms with E-state index in [1.807, 2.05) is 20.8 Å². The highest BCUT2D eigenvalue weighted by atomic mass is 35.5. The van der Waals surface area contributed by atoms with Gasteiger partial charge in [0.25, 0.3) is 10.0 Å². The highest BCUT2D eigenvalue weighted by Gasteiger charge is 2.26. The number of halogens is 3. The number of methoxy groups -OCH3 is 1. The van der Waals surface area contributed by atoms with Crippen molar-refractivity contribution in [2.45, 2.75) is 38.0 Å². The summed E-state index contributed by atoms with van der Waals surface area (Å²) in [5, 5.41) is 6.81. The summed E-state index contributed by atoms with van der Waals surface area (Å²) in [5.41, 5.74) is -0.311. The number of hydrogen-bond donors (Lipinski definition) is 2. The van der Waals surface area contributed by atoms with Crippen molar-refractivity contribution in [1.82, 2.24) is 24.5 Å². The third-order valence-corrected chi connectivity index (χ3v) is 7.92. The molecule has 2 aromatic heterocycles. The van der Waals surface area contributed by atoms with Crippen LogP contribution in [0.5, 0.6) is 11.6 Å². The molecule has 49 heavy (non-hydrogen) atoms. The quantitative estimate of drug-likeness (QED) is 0.128. The lowest BCUT2D eigenvalue weighted by Crippen LogP contribution is -2.35. The number of amides is 2. The molecule has 260 valence electrons. The number of terminal acetylenes is 1. The first-order chi connectivity index (χ1) is 23.0. The van der Waals surface area contributed by atoms with Gasteiger partial charge in [0.2, 0.25) is 17.7 Å². The topological polar surface area (TPSA) is 194 Å². The molecule has 0 unspecified atom stereocenters. The largest absolute Gasteiger partial charge is 0.481 e. The molecule has 0 aliphatic heterocycles. The van der Waals surface area contributed by atoms with E-state index in [-0.39, 0.29) is 45.8 Å². The molecular formula is C30H29Cl3N6O9S. The van der Waals surface area contributed by atoms with Crippen LogP contribution in [-0.4, -0.2) is 60.5 Å². The number of esters is 1. The van der Waals surface area contributed by atoms with Crippen LogP contribution in [0.15, 0.2) is 56.6 Å². The molecular weight excluding hydrogens is 727 g/mol. The van der Waals surface area contributed by atoms with E-state index in [2.05, 4.69) is 26.3 Å². The number of carbonyl (C=O) groups excluding carboxylic acids is 2. The normalized spacial score (nSPS) is 11.0. The van der Waals surface area contributed by atoms with Crippen molar-refractivity contribution in [2.24, 2.45) is 0 Å². The third kappa shape index (κ3) is 10.3. The molecule has 15 nitrogen and oxygen atoms in total. The first-order valence-electron chi connectivity index (χ1n) is 13.9. The van der Waals surface area contributed by atoms with Gasteiger partial charge in [0, 0.05) is 17.5 Å². The predicted molar refractivity (Wildman–Crippen MR) is 180 cm³/mol. The summed E-state index contributed by atoms with van der Waals surface area (Å²) < 4.78 is 48.0. The minimum Gasteiger partial charge on any atom is -0.481 e. The second-order valence-electron chi connectivity index (χ2n) is 10.4. The molecule has 0 radical (unpaired) electrons. The van der Waals surface area contributed by atoms with E-state index in [9.17, 15) is 22.8 Å². The van der Waals surface area contributed by atoms with Crippen molar-refractivity contribution >= 4 is 62.8 Å². The summed E-state index contributed by atoms with van der Waals surface area (Å²) in [5.74, 6) is 1.27. The number of aromatic nitrogens is 4. The van der Waals surface area contributed by atoms with Crippen molar-refractivity contribution in [3.8, 4) is 29.7 Å². The van der Waals surface area contributed by atoms with Crippen LogP contribution in [0.2, 0.25) is 15.2 Å². The Morgan fingerprint density at radius 3 is 2.39 bits per heavy atom. The highest BCUT2D eigenvalue weighted by Crippen LogP contribution is 2.33. The molecule has 4 aromatic rings. The molecule has 0 bridgehead atoms. The van der Waals surface area contributed by atoms with Gasteiger partial charge in [-0.15, -0.1) is 11.5 Å². The fraction of sp³-hybridized carbons (Fsp3) is 0.267. The van der Waals surface area contributed by atoms with Gasteiger partial charge in [-0.1, -0.05) is 73.6 Å². The van der Waals surface area contributed by atoms with E-state index in [1.54, 1.807) is 11.6 Å². The summed E-state index contributed by atoms with van der Waals surface area (Å²) >= 11 is 17.9.